The maximum absolute atomic E-state index is 12.6. The molecule has 0 fully saturated rings. The van der Waals surface area contributed by atoms with E-state index in [1.165, 1.54) is 25.1 Å². The van der Waals surface area contributed by atoms with Gasteiger partial charge in [-0.3, -0.25) is 9.78 Å². The molecule has 6 nitrogen and oxygen atoms in total. The molecule has 0 aliphatic carbocycles. The molecule has 1 atom stereocenters. The molecule has 27 heavy (non-hydrogen) atoms. The minimum Gasteiger partial charge on any atom is -0.470 e. The summed E-state index contributed by atoms with van der Waals surface area (Å²) in [6.07, 6.45) is 10.3. The molecule has 0 spiro atoms. The Bertz CT molecular complexity index is 909. The zero-order valence-electron chi connectivity index (χ0n) is 15.4. The third-order valence-electron chi connectivity index (χ3n) is 3.47. The molecule has 0 bridgehead atoms. The smallest absolute Gasteiger partial charge is 0.272 e. The number of amides is 1. The van der Waals surface area contributed by atoms with Gasteiger partial charge < -0.3 is 14.9 Å². The van der Waals surface area contributed by atoms with Gasteiger partial charge in [0, 0.05) is 23.2 Å². The predicted octanol–water partition coefficient (Wildman–Crippen LogP) is 3.46. The molecule has 1 heterocycles. The van der Waals surface area contributed by atoms with Gasteiger partial charge in [-0.2, -0.15) is 0 Å². The van der Waals surface area contributed by atoms with Crippen LogP contribution < -0.4 is 10.1 Å². The first-order valence-corrected chi connectivity index (χ1v) is 9.61. The van der Waals surface area contributed by atoms with Crippen LogP contribution in [0, 0.1) is 12.3 Å². The summed E-state index contributed by atoms with van der Waals surface area (Å²) >= 11 is 7.55. The molecule has 1 aromatic heterocycles. The zero-order valence-corrected chi connectivity index (χ0v) is 17.0. The first-order valence-electron chi connectivity index (χ1n) is 7.94. The Morgan fingerprint density at radius 3 is 2.85 bits per heavy atom. The van der Waals surface area contributed by atoms with Gasteiger partial charge in [-0.15, -0.1) is 18.2 Å². The number of pyridine rings is 1. The highest BCUT2D eigenvalue weighted by molar-refractivity contribution is 7.99. The van der Waals surface area contributed by atoms with E-state index < -0.39 is 11.0 Å². The molecule has 142 valence electrons. The van der Waals surface area contributed by atoms with E-state index in [-0.39, 0.29) is 5.91 Å². The maximum Gasteiger partial charge on any atom is 0.272 e. The number of nitrogens with zero attached hydrogens (tertiary/aromatic N) is 2. The van der Waals surface area contributed by atoms with Crippen molar-refractivity contribution in [2.75, 3.05) is 13.4 Å². The molecule has 2 aromatic rings. The molecule has 2 rings (SSSR count). The van der Waals surface area contributed by atoms with Gasteiger partial charge in [0.25, 0.3) is 5.91 Å². The second-order valence-electron chi connectivity index (χ2n) is 6.16. The van der Waals surface area contributed by atoms with Gasteiger partial charge in [-0.05, 0) is 32.2 Å². The summed E-state index contributed by atoms with van der Waals surface area (Å²) in [5, 5.41) is 7.70. The highest BCUT2D eigenvalue weighted by Gasteiger charge is 2.26. The maximum atomic E-state index is 12.6. The Hall–Kier alpha value is -2.43. The second-order valence-corrected chi connectivity index (χ2v) is 7.47. The number of ether oxygens (including phenoxy) is 1. The largest absolute Gasteiger partial charge is 0.470 e. The number of fused-ring (bicyclic) bond motifs is 1. The highest BCUT2D eigenvalue weighted by Crippen LogP contribution is 2.29. The van der Waals surface area contributed by atoms with Crippen molar-refractivity contribution >= 4 is 46.4 Å². The second kappa shape index (κ2) is 8.98. The molecule has 0 saturated heterocycles. The van der Waals surface area contributed by atoms with Gasteiger partial charge in [0.05, 0.1) is 22.3 Å². The number of thioether (sulfide) groups is 1. The van der Waals surface area contributed by atoms with Crippen LogP contribution in [0.25, 0.3) is 10.9 Å². The molecule has 1 amide bonds. The fourth-order valence-electron chi connectivity index (χ4n) is 2.25. The summed E-state index contributed by atoms with van der Waals surface area (Å²) in [6.45, 7) is 3.59. The summed E-state index contributed by atoms with van der Waals surface area (Å²) in [6, 6.07) is 5.17. The van der Waals surface area contributed by atoms with E-state index in [1.54, 1.807) is 44.5 Å². The average Bonchev–Trinajstić information content (AvgIpc) is 2.63. The van der Waals surface area contributed by atoms with Crippen molar-refractivity contribution in [1.82, 2.24) is 10.3 Å². The monoisotopic (exact) mass is 405 g/mol. The Labute approximate surface area is 167 Å². The number of carbonyl (C=O) groups excluding carboxylic acids is 1. The number of hydrogen-bond donors (Lipinski definition) is 1. The quantitative estimate of drug-likeness (QED) is 0.330. The Balaban J connectivity index is 2.24. The van der Waals surface area contributed by atoms with Gasteiger partial charge in [-0.25, -0.2) is 0 Å². The van der Waals surface area contributed by atoms with Crippen LogP contribution in [-0.4, -0.2) is 41.4 Å². The van der Waals surface area contributed by atoms with E-state index in [1.807, 2.05) is 0 Å². The van der Waals surface area contributed by atoms with E-state index in [0.717, 1.165) is 5.39 Å². The van der Waals surface area contributed by atoms with E-state index in [9.17, 15) is 4.79 Å². The number of terminal acetylenes is 1. The molecular formula is C19H20ClN3O3S. The molecule has 0 radical (unpaired) electrons. The molecule has 1 aromatic carbocycles. The van der Waals surface area contributed by atoms with Crippen LogP contribution >= 0.6 is 23.4 Å². The first-order chi connectivity index (χ1) is 12.8. The van der Waals surface area contributed by atoms with Crippen LogP contribution in [0.3, 0.4) is 0 Å². The van der Waals surface area contributed by atoms with Gasteiger partial charge in [-0.1, -0.05) is 22.7 Å². The van der Waals surface area contributed by atoms with E-state index in [2.05, 4.69) is 26.2 Å². The summed E-state index contributed by atoms with van der Waals surface area (Å²) in [7, 11) is 1.44. The molecule has 8 heteroatoms. The van der Waals surface area contributed by atoms with Crippen LogP contribution in [0.4, 0.5) is 0 Å². The third kappa shape index (κ3) is 5.52. The Kier molecular flexibility index (Phi) is 6.94. The predicted molar refractivity (Wildman–Crippen MR) is 110 cm³/mol. The summed E-state index contributed by atoms with van der Waals surface area (Å²) in [5.74, 6) is 2.68. The fraction of sp³-hybridized carbons (Fsp3) is 0.316. The Morgan fingerprint density at radius 2 is 2.22 bits per heavy atom. The number of benzene rings is 1. The molecule has 0 aliphatic rings. The molecule has 1 N–H and O–H groups in total. The van der Waals surface area contributed by atoms with Gasteiger partial charge in [0.2, 0.25) is 5.44 Å². The van der Waals surface area contributed by atoms with Crippen molar-refractivity contribution in [3.8, 4) is 18.1 Å². The van der Waals surface area contributed by atoms with Crippen LogP contribution in [0.2, 0.25) is 5.02 Å². The topological polar surface area (TPSA) is 72.8 Å². The minimum absolute atomic E-state index is 0.304. The standard InChI is InChI=1S/C19H20ClN3O3S/c1-6-12-7-13-8-14(9-15(20)16(13)21-10-12)26-18(27-5)17(24)23-19(2,3)11-22-25-4/h1,7-11,18H,2-5H3,(H,23,24). The molecular weight excluding hydrogens is 386 g/mol. The lowest BCUT2D eigenvalue weighted by Crippen LogP contribution is -2.49. The highest BCUT2D eigenvalue weighted by atomic mass is 35.5. The van der Waals surface area contributed by atoms with Crippen molar-refractivity contribution in [1.29, 1.82) is 0 Å². The van der Waals surface area contributed by atoms with Gasteiger partial charge in [0.1, 0.15) is 12.9 Å². The van der Waals surface area contributed by atoms with Crippen molar-refractivity contribution in [3.63, 3.8) is 0 Å². The van der Waals surface area contributed by atoms with E-state index in [4.69, 9.17) is 22.8 Å². The van der Waals surface area contributed by atoms with Crippen LogP contribution in [0.15, 0.2) is 29.6 Å². The normalized spacial score (nSPS) is 12.6. The molecule has 0 aliphatic heterocycles. The molecule has 1 unspecified atom stereocenters. The average molecular weight is 406 g/mol. The molecule has 0 saturated carbocycles. The SMILES string of the molecule is C#Cc1cnc2c(Cl)cc(OC(SC)C(=O)NC(C)(C)C=NOC)cc2c1. The summed E-state index contributed by atoms with van der Waals surface area (Å²) < 4.78 is 5.85. The first kappa shape index (κ1) is 20.9. The minimum atomic E-state index is -0.780. The van der Waals surface area contributed by atoms with Crippen LogP contribution in [0.5, 0.6) is 5.75 Å². The summed E-state index contributed by atoms with van der Waals surface area (Å²) in [4.78, 5) is 21.5. The van der Waals surface area contributed by atoms with E-state index in [0.29, 0.717) is 21.9 Å². The number of rotatable bonds is 7. The fourth-order valence-corrected chi connectivity index (χ4v) is 3.00. The van der Waals surface area contributed by atoms with E-state index >= 15 is 0 Å². The Morgan fingerprint density at radius 1 is 1.48 bits per heavy atom. The number of hydrogen-bond acceptors (Lipinski definition) is 6. The van der Waals surface area contributed by atoms with Crippen LogP contribution in [0.1, 0.15) is 19.4 Å². The third-order valence-corrected chi connectivity index (χ3v) is 4.50. The van der Waals surface area contributed by atoms with Crippen molar-refractivity contribution in [2.45, 2.75) is 24.8 Å². The van der Waals surface area contributed by atoms with Gasteiger partial charge >= 0.3 is 0 Å². The number of oxime groups is 1. The lowest BCUT2D eigenvalue weighted by Gasteiger charge is -2.24. The van der Waals surface area contributed by atoms with Crippen molar-refractivity contribution in [2.24, 2.45) is 5.16 Å². The van der Waals surface area contributed by atoms with Gasteiger partial charge in [0.15, 0.2) is 0 Å². The lowest BCUT2D eigenvalue weighted by molar-refractivity contribution is -0.125. The van der Waals surface area contributed by atoms with Crippen molar-refractivity contribution in [3.05, 3.63) is 35.0 Å². The zero-order chi connectivity index (χ0) is 20.0. The number of halogens is 1. The summed E-state index contributed by atoms with van der Waals surface area (Å²) in [5.41, 5.74) is -0.228. The van der Waals surface area contributed by atoms with Crippen LogP contribution in [-0.2, 0) is 9.63 Å². The number of aromatic nitrogens is 1. The number of carbonyl (C=O) groups is 1. The lowest BCUT2D eigenvalue weighted by atomic mass is 10.1. The number of nitrogens with one attached hydrogen (secondary N) is 1. The van der Waals surface area contributed by atoms with Crippen molar-refractivity contribution < 1.29 is 14.4 Å².